The highest BCUT2D eigenvalue weighted by Gasteiger charge is 2.10. The monoisotopic (exact) mass is 348 g/mol. The molecule has 3 aromatic heterocycles. The molecule has 9 heteroatoms. The maximum atomic E-state index is 4.39. The standard InChI is InChI=1S/C12H13BrN8/c1-2-4-14-10-17-11(20-6-3-5-15-20)19-12(18-10)21-8-9(13)7-16-21/h3,5-8H,2,4H2,1H3,(H,14,17,18,19). The minimum absolute atomic E-state index is 0.430. The molecular formula is C12H13BrN8. The van der Waals surface area contributed by atoms with Gasteiger partial charge in [0.15, 0.2) is 0 Å². The molecule has 3 heterocycles. The Morgan fingerprint density at radius 1 is 1.14 bits per heavy atom. The van der Waals surface area contributed by atoms with E-state index < -0.39 is 0 Å². The van der Waals surface area contributed by atoms with Gasteiger partial charge in [-0.25, -0.2) is 9.36 Å². The lowest BCUT2D eigenvalue weighted by Crippen LogP contribution is -2.13. The molecule has 3 rings (SSSR count). The van der Waals surface area contributed by atoms with Crippen LogP contribution in [0.1, 0.15) is 13.3 Å². The van der Waals surface area contributed by atoms with Crippen molar-refractivity contribution in [3.8, 4) is 11.9 Å². The average molecular weight is 349 g/mol. The molecule has 0 saturated carbocycles. The van der Waals surface area contributed by atoms with Crippen LogP contribution in [0.5, 0.6) is 0 Å². The zero-order valence-electron chi connectivity index (χ0n) is 11.3. The lowest BCUT2D eigenvalue weighted by atomic mass is 10.5. The van der Waals surface area contributed by atoms with Crippen LogP contribution in [0, 0.1) is 0 Å². The van der Waals surface area contributed by atoms with Gasteiger partial charge in [0, 0.05) is 25.1 Å². The van der Waals surface area contributed by atoms with Gasteiger partial charge in [-0.1, -0.05) is 6.92 Å². The summed E-state index contributed by atoms with van der Waals surface area (Å²) in [6.45, 7) is 2.86. The van der Waals surface area contributed by atoms with Gasteiger partial charge in [-0.2, -0.15) is 25.1 Å². The Kier molecular flexibility index (Phi) is 3.91. The lowest BCUT2D eigenvalue weighted by molar-refractivity contribution is 0.744. The van der Waals surface area contributed by atoms with Crippen LogP contribution in [0.15, 0.2) is 35.3 Å². The average Bonchev–Trinajstić information content (AvgIpc) is 3.16. The van der Waals surface area contributed by atoms with Crippen molar-refractivity contribution >= 4 is 21.9 Å². The molecule has 0 aromatic carbocycles. The van der Waals surface area contributed by atoms with Crippen molar-refractivity contribution in [2.45, 2.75) is 13.3 Å². The Balaban J connectivity index is 2.04. The van der Waals surface area contributed by atoms with Gasteiger partial charge in [-0.3, -0.25) is 0 Å². The minimum atomic E-state index is 0.430. The van der Waals surface area contributed by atoms with Gasteiger partial charge in [0.25, 0.3) is 11.9 Å². The van der Waals surface area contributed by atoms with Crippen LogP contribution < -0.4 is 5.32 Å². The van der Waals surface area contributed by atoms with E-state index in [0.29, 0.717) is 17.8 Å². The molecule has 0 unspecified atom stereocenters. The van der Waals surface area contributed by atoms with Gasteiger partial charge in [0.05, 0.1) is 10.7 Å². The van der Waals surface area contributed by atoms with E-state index in [2.05, 4.69) is 53.3 Å². The number of rotatable bonds is 5. The second-order valence-electron chi connectivity index (χ2n) is 4.24. The van der Waals surface area contributed by atoms with E-state index in [0.717, 1.165) is 17.4 Å². The Labute approximate surface area is 129 Å². The first-order valence-electron chi connectivity index (χ1n) is 6.47. The molecule has 0 bridgehead atoms. The number of hydrogen-bond acceptors (Lipinski definition) is 6. The predicted octanol–water partition coefficient (Wildman–Crippen LogP) is 1.83. The van der Waals surface area contributed by atoms with E-state index in [1.54, 1.807) is 34.2 Å². The van der Waals surface area contributed by atoms with Crippen LogP contribution >= 0.6 is 15.9 Å². The van der Waals surface area contributed by atoms with E-state index >= 15 is 0 Å². The van der Waals surface area contributed by atoms with Crippen molar-refractivity contribution in [1.29, 1.82) is 0 Å². The topological polar surface area (TPSA) is 86.3 Å². The predicted molar refractivity (Wildman–Crippen MR) is 80.6 cm³/mol. The van der Waals surface area contributed by atoms with Gasteiger partial charge in [-0.05, 0) is 28.4 Å². The third-order valence-electron chi connectivity index (χ3n) is 2.61. The Bertz CT molecular complexity index is 721. The van der Waals surface area contributed by atoms with Crippen LogP contribution in [0.25, 0.3) is 11.9 Å². The summed E-state index contributed by atoms with van der Waals surface area (Å²) in [6.07, 6.45) is 7.89. The molecule has 0 aliphatic heterocycles. The third-order valence-corrected chi connectivity index (χ3v) is 3.02. The normalized spacial score (nSPS) is 10.8. The lowest BCUT2D eigenvalue weighted by Gasteiger charge is -2.08. The molecule has 3 aromatic rings. The summed E-state index contributed by atoms with van der Waals surface area (Å²) >= 11 is 3.36. The molecule has 0 fully saturated rings. The molecule has 21 heavy (non-hydrogen) atoms. The molecule has 1 N–H and O–H groups in total. The van der Waals surface area contributed by atoms with Crippen LogP contribution in [0.2, 0.25) is 0 Å². The van der Waals surface area contributed by atoms with Gasteiger partial charge in [-0.15, -0.1) is 0 Å². The second-order valence-corrected chi connectivity index (χ2v) is 5.16. The van der Waals surface area contributed by atoms with Gasteiger partial charge < -0.3 is 5.32 Å². The number of nitrogens with one attached hydrogen (secondary N) is 1. The minimum Gasteiger partial charge on any atom is -0.354 e. The largest absolute Gasteiger partial charge is 0.354 e. The van der Waals surface area contributed by atoms with Crippen LogP contribution in [-0.4, -0.2) is 41.1 Å². The van der Waals surface area contributed by atoms with Gasteiger partial charge in [0.1, 0.15) is 0 Å². The zero-order valence-corrected chi connectivity index (χ0v) is 12.9. The quantitative estimate of drug-likeness (QED) is 0.756. The number of aromatic nitrogens is 7. The van der Waals surface area contributed by atoms with Crippen molar-refractivity contribution in [2.75, 3.05) is 11.9 Å². The summed E-state index contributed by atoms with van der Waals surface area (Å²) in [5, 5.41) is 11.5. The first-order valence-corrected chi connectivity index (χ1v) is 7.26. The molecule has 0 atom stereocenters. The molecule has 0 spiro atoms. The summed E-state index contributed by atoms with van der Waals surface area (Å²) in [5.41, 5.74) is 0. The Morgan fingerprint density at radius 3 is 2.57 bits per heavy atom. The van der Waals surface area contributed by atoms with E-state index in [4.69, 9.17) is 0 Å². The summed E-state index contributed by atoms with van der Waals surface area (Å²) < 4.78 is 4.02. The highest BCUT2D eigenvalue weighted by Crippen LogP contribution is 2.12. The van der Waals surface area contributed by atoms with Crippen molar-refractivity contribution < 1.29 is 0 Å². The SMILES string of the molecule is CCCNc1nc(-n2cccn2)nc(-n2cc(Br)cn2)n1. The number of anilines is 1. The molecule has 0 radical (unpaired) electrons. The van der Waals surface area contributed by atoms with Crippen molar-refractivity contribution in [3.05, 3.63) is 35.3 Å². The van der Waals surface area contributed by atoms with Crippen LogP contribution in [0.4, 0.5) is 5.95 Å². The zero-order chi connectivity index (χ0) is 14.7. The van der Waals surface area contributed by atoms with Gasteiger partial charge in [0.2, 0.25) is 5.95 Å². The molecule has 0 aliphatic carbocycles. The van der Waals surface area contributed by atoms with Crippen molar-refractivity contribution in [3.63, 3.8) is 0 Å². The second kappa shape index (κ2) is 6.00. The summed E-state index contributed by atoms with van der Waals surface area (Å²) in [5.74, 6) is 1.37. The molecule has 0 amide bonds. The molecular weight excluding hydrogens is 336 g/mol. The summed E-state index contributed by atoms with van der Waals surface area (Å²) in [7, 11) is 0. The molecule has 108 valence electrons. The van der Waals surface area contributed by atoms with Crippen molar-refractivity contribution in [2.24, 2.45) is 0 Å². The smallest absolute Gasteiger partial charge is 0.257 e. The van der Waals surface area contributed by atoms with Crippen LogP contribution in [-0.2, 0) is 0 Å². The van der Waals surface area contributed by atoms with Crippen molar-refractivity contribution in [1.82, 2.24) is 34.5 Å². The summed E-state index contributed by atoms with van der Waals surface area (Å²) in [6, 6.07) is 1.81. The third kappa shape index (κ3) is 3.07. The maximum absolute atomic E-state index is 4.39. The van der Waals surface area contributed by atoms with E-state index in [9.17, 15) is 0 Å². The van der Waals surface area contributed by atoms with E-state index in [-0.39, 0.29) is 0 Å². The highest BCUT2D eigenvalue weighted by atomic mass is 79.9. The molecule has 8 nitrogen and oxygen atoms in total. The number of hydrogen-bond donors (Lipinski definition) is 1. The molecule has 0 saturated heterocycles. The first kappa shape index (κ1) is 13.7. The van der Waals surface area contributed by atoms with E-state index in [1.165, 1.54) is 0 Å². The molecule has 0 aliphatic rings. The fourth-order valence-corrected chi connectivity index (χ4v) is 1.96. The van der Waals surface area contributed by atoms with Gasteiger partial charge >= 0.3 is 0 Å². The maximum Gasteiger partial charge on any atom is 0.257 e. The Morgan fingerprint density at radius 2 is 1.95 bits per heavy atom. The Hall–Kier alpha value is -2.29. The first-order chi connectivity index (χ1) is 10.3. The highest BCUT2D eigenvalue weighted by molar-refractivity contribution is 9.10. The summed E-state index contributed by atoms with van der Waals surface area (Å²) in [4.78, 5) is 13.1. The number of nitrogens with zero attached hydrogens (tertiary/aromatic N) is 7. The van der Waals surface area contributed by atoms with Crippen LogP contribution in [0.3, 0.4) is 0 Å². The fraction of sp³-hybridized carbons (Fsp3) is 0.250. The van der Waals surface area contributed by atoms with E-state index in [1.807, 2.05) is 6.07 Å². The fourth-order valence-electron chi connectivity index (χ4n) is 1.67. The number of halogens is 1.